The lowest BCUT2D eigenvalue weighted by atomic mass is 10.2. The molecule has 2 aliphatic heterocycles. The fourth-order valence-corrected chi connectivity index (χ4v) is 3.28. The maximum atomic E-state index is 13.0. The van der Waals surface area contributed by atoms with E-state index >= 15 is 0 Å². The van der Waals surface area contributed by atoms with Gasteiger partial charge in [0.1, 0.15) is 16.5 Å². The Kier molecular flexibility index (Phi) is 4.37. The fourth-order valence-electron chi connectivity index (χ4n) is 2.99. The lowest BCUT2D eigenvalue weighted by Crippen LogP contribution is -3.14. The fraction of sp³-hybridized carbons (Fsp3) is 0.375. The van der Waals surface area contributed by atoms with E-state index in [-0.39, 0.29) is 10.7 Å². The van der Waals surface area contributed by atoms with Crippen molar-refractivity contribution >= 4 is 29.1 Å². The maximum absolute atomic E-state index is 13.0. The van der Waals surface area contributed by atoms with Crippen LogP contribution in [-0.4, -0.2) is 49.4 Å². The van der Waals surface area contributed by atoms with Crippen molar-refractivity contribution < 1.29 is 18.9 Å². The normalized spacial score (nSPS) is 20.0. The van der Waals surface area contributed by atoms with Gasteiger partial charge in [-0.1, -0.05) is 11.6 Å². The number of halogens is 2. The molecule has 1 saturated heterocycles. The van der Waals surface area contributed by atoms with Gasteiger partial charge in [-0.3, -0.25) is 9.59 Å². The van der Waals surface area contributed by atoms with Crippen LogP contribution in [0.15, 0.2) is 35.0 Å². The van der Waals surface area contributed by atoms with Gasteiger partial charge in [0.25, 0.3) is 11.8 Å². The van der Waals surface area contributed by atoms with Crippen molar-refractivity contribution in [2.75, 3.05) is 37.6 Å². The number of nitrogens with zero attached hydrogens (tertiary/aromatic N) is 2. The van der Waals surface area contributed by atoms with Crippen molar-refractivity contribution in [3.05, 3.63) is 40.8 Å². The van der Waals surface area contributed by atoms with Crippen molar-refractivity contribution in [2.45, 2.75) is 6.92 Å². The molecule has 0 aliphatic carbocycles. The van der Waals surface area contributed by atoms with Gasteiger partial charge in [-0.2, -0.15) is 0 Å². The standard InChI is InChI=1S/C16H17ClFN3O2/c1-2-19-7-9-20(10-8-19)14-13(17)15(22)21(16(14)23)12-5-3-11(18)4-6-12/h3-6H,2,7-10H2,1H3/p+1. The molecule has 0 atom stereocenters. The van der Waals surface area contributed by atoms with Crippen LogP contribution in [0.3, 0.4) is 0 Å². The predicted octanol–water partition coefficient (Wildman–Crippen LogP) is 0.370. The summed E-state index contributed by atoms with van der Waals surface area (Å²) in [5, 5.41) is -0.0562. The van der Waals surface area contributed by atoms with Gasteiger partial charge in [0.2, 0.25) is 0 Å². The van der Waals surface area contributed by atoms with Crippen molar-refractivity contribution in [1.29, 1.82) is 0 Å². The van der Waals surface area contributed by atoms with E-state index in [1.807, 2.05) is 4.90 Å². The third-order valence-corrected chi connectivity index (χ3v) is 4.72. The molecule has 5 nitrogen and oxygen atoms in total. The zero-order valence-corrected chi connectivity index (χ0v) is 13.6. The van der Waals surface area contributed by atoms with E-state index in [2.05, 4.69) is 6.92 Å². The highest BCUT2D eigenvalue weighted by Crippen LogP contribution is 2.31. The molecule has 0 unspecified atom stereocenters. The second kappa shape index (κ2) is 6.29. The summed E-state index contributed by atoms with van der Waals surface area (Å²) in [7, 11) is 0. The van der Waals surface area contributed by atoms with Gasteiger partial charge in [0.15, 0.2) is 0 Å². The number of anilines is 1. The molecule has 2 heterocycles. The molecule has 1 fully saturated rings. The number of quaternary nitrogens is 1. The number of carbonyl (C=O) groups excluding carboxylic acids is 2. The van der Waals surface area contributed by atoms with E-state index in [0.29, 0.717) is 18.8 Å². The molecule has 2 aliphatic rings. The Morgan fingerprint density at radius 3 is 2.30 bits per heavy atom. The number of carbonyl (C=O) groups is 2. The molecule has 1 N–H and O–H groups in total. The molecule has 0 aromatic heterocycles. The molecular formula is C16H18ClFN3O2+. The molecule has 0 bridgehead atoms. The Morgan fingerprint density at radius 1 is 1.13 bits per heavy atom. The van der Waals surface area contributed by atoms with Gasteiger partial charge in [-0.05, 0) is 31.2 Å². The van der Waals surface area contributed by atoms with E-state index in [4.69, 9.17) is 11.6 Å². The highest BCUT2D eigenvalue weighted by atomic mass is 35.5. The summed E-state index contributed by atoms with van der Waals surface area (Å²) in [6.45, 7) is 6.34. The Labute approximate surface area is 138 Å². The first-order valence-corrected chi connectivity index (χ1v) is 8.03. The van der Waals surface area contributed by atoms with Crippen LogP contribution in [0.25, 0.3) is 0 Å². The molecule has 0 spiro atoms. The Bertz CT molecular complexity index is 666. The van der Waals surface area contributed by atoms with Gasteiger partial charge in [0.05, 0.1) is 38.4 Å². The van der Waals surface area contributed by atoms with E-state index in [9.17, 15) is 14.0 Å². The number of rotatable bonds is 3. The molecule has 1 aromatic rings. The molecule has 2 amide bonds. The first kappa shape index (κ1) is 16.0. The number of piperazine rings is 1. The average molecular weight is 339 g/mol. The summed E-state index contributed by atoms with van der Waals surface area (Å²) >= 11 is 6.15. The number of hydrogen-bond donors (Lipinski definition) is 1. The van der Waals surface area contributed by atoms with Gasteiger partial charge < -0.3 is 9.80 Å². The van der Waals surface area contributed by atoms with E-state index in [1.54, 1.807) is 0 Å². The van der Waals surface area contributed by atoms with Crippen LogP contribution in [0.4, 0.5) is 10.1 Å². The summed E-state index contributed by atoms with van der Waals surface area (Å²) in [5.74, 6) is -1.42. The third-order valence-electron chi connectivity index (χ3n) is 4.38. The minimum atomic E-state index is -0.552. The number of likely N-dealkylation sites (N-methyl/N-ethyl adjacent to an activating group) is 1. The Balaban J connectivity index is 1.84. The maximum Gasteiger partial charge on any atom is 0.283 e. The molecule has 0 saturated carbocycles. The summed E-state index contributed by atoms with van der Waals surface area (Å²) in [6, 6.07) is 5.23. The van der Waals surface area contributed by atoms with Crippen LogP contribution in [0.1, 0.15) is 6.92 Å². The minimum absolute atomic E-state index is 0.0562. The number of imide groups is 1. The molecular weight excluding hydrogens is 321 g/mol. The largest absolute Gasteiger partial charge is 0.354 e. The van der Waals surface area contributed by atoms with Crippen molar-refractivity contribution in [1.82, 2.24) is 4.90 Å². The average Bonchev–Trinajstić information content (AvgIpc) is 2.78. The van der Waals surface area contributed by atoms with E-state index in [1.165, 1.54) is 29.2 Å². The minimum Gasteiger partial charge on any atom is -0.354 e. The molecule has 122 valence electrons. The molecule has 23 heavy (non-hydrogen) atoms. The zero-order chi connectivity index (χ0) is 16.6. The lowest BCUT2D eigenvalue weighted by molar-refractivity contribution is -0.902. The zero-order valence-electron chi connectivity index (χ0n) is 12.8. The smallest absolute Gasteiger partial charge is 0.283 e. The van der Waals surface area contributed by atoms with E-state index in [0.717, 1.165) is 24.5 Å². The summed E-state index contributed by atoms with van der Waals surface area (Å²) in [6.07, 6.45) is 0. The lowest BCUT2D eigenvalue weighted by Gasteiger charge is -2.33. The summed E-state index contributed by atoms with van der Waals surface area (Å²) in [4.78, 5) is 29.4. The van der Waals surface area contributed by atoms with Crippen LogP contribution in [0, 0.1) is 5.82 Å². The van der Waals surface area contributed by atoms with Gasteiger partial charge >= 0.3 is 0 Å². The first-order valence-electron chi connectivity index (χ1n) is 7.65. The number of hydrogen-bond acceptors (Lipinski definition) is 3. The van der Waals surface area contributed by atoms with Gasteiger partial charge in [0, 0.05) is 0 Å². The number of benzene rings is 1. The second-order valence-electron chi connectivity index (χ2n) is 5.68. The summed E-state index contributed by atoms with van der Waals surface area (Å²) < 4.78 is 13.0. The Morgan fingerprint density at radius 2 is 1.74 bits per heavy atom. The van der Waals surface area contributed by atoms with Gasteiger partial charge in [-0.15, -0.1) is 0 Å². The van der Waals surface area contributed by atoms with Crippen LogP contribution in [0.2, 0.25) is 0 Å². The highest BCUT2D eigenvalue weighted by molar-refractivity contribution is 6.52. The SMILES string of the molecule is CC[NH+]1CCN(C2=C(Cl)C(=O)N(c3ccc(F)cc3)C2=O)CC1. The number of amides is 2. The second-order valence-corrected chi connectivity index (χ2v) is 6.05. The van der Waals surface area contributed by atoms with Crippen molar-refractivity contribution in [3.63, 3.8) is 0 Å². The van der Waals surface area contributed by atoms with Crippen LogP contribution in [0.5, 0.6) is 0 Å². The van der Waals surface area contributed by atoms with Crippen molar-refractivity contribution in [3.8, 4) is 0 Å². The molecule has 1 aromatic carbocycles. The third kappa shape index (κ3) is 2.84. The van der Waals surface area contributed by atoms with Crippen LogP contribution >= 0.6 is 11.6 Å². The van der Waals surface area contributed by atoms with Gasteiger partial charge in [-0.25, -0.2) is 9.29 Å². The van der Waals surface area contributed by atoms with Crippen molar-refractivity contribution in [2.24, 2.45) is 0 Å². The van der Waals surface area contributed by atoms with Crippen LogP contribution in [-0.2, 0) is 9.59 Å². The van der Waals surface area contributed by atoms with Crippen LogP contribution < -0.4 is 9.80 Å². The Hall–Kier alpha value is -1.92. The molecule has 7 heteroatoms. The molecule has 3 rings (SSSR count). The van der Waals surface area contributed by atoms with E-state index < -0.39 is 17.6 Å². The predicted molar refractivity (Wildman–Crippen MR) is 84.6 cm³/mol. The first-order chi connectivity index (χ1) is 11.0. The topological polar surface area (TPSA) is 45.1 Å². The molecule has 0 radical (unpaired) electrons. The summed E-state index contributed by atoms with van der Waals surface area (Å²) in [5.41, 5.74) is 0.587. The monoisotopic (exact) mass is 338 g/mol. The quantitative estimate of drug-likeness (QED) is 0.810. The number of nitrogens with one attached hydrogen (secondary N) is 1. The highest BCUT2D eigenvalue weighted by Gasteiger charge is 2.42.